The van der Waals surface area contributed by atoms with E-state index in [1.807, 2.05) is 0 Å². The standard InChI is InChI=1S/C76H142O6/c1-4-7-10-13-16-19-22-25-27-29-31-33-35-37-38-40-41-43-45-47-49-51-54-57-60-63-66-69-75(78)81-72-73(71-80-74(77)68-65-62-59-56-53-24-21-18-15-12-9-6-3)82-76(79)70-67-64-61-58-55-52-50-48-46-44-42-39-36-34-32-30-28-26-23-20-17-14-11-8-5-2/h18,21,23,26,30,32,73H,4-17,19-20,22,24-25,27-29,31,33-72H2,1-3H3/b21-18-,26-23-,32-30-. The first kappa shape index (κ1) is 79.6. The van der Waals surface area contributed by atoms with Crippen LogP contribution >= 0.6 is 0 Å². The van der Waals surface area contributed by atoms with Gasteiger partial charge >= 0.3 is 17.9 Å². The monoisotopic (exact) mass is 1150 g/mol. The first-order valence-electron chi connectivity index (χ1n) is 37.0. The van der Waals surface area contributed by atoms with Crippen LogP contribution in [0.2, 0.25) is 0 Å². The first-order valence-corrected chi connectivity index (χ1v) is 37.0. The Hall–Kier alpha value is -2.37. The lowest BCUT2D eigenvalue weighted by molar-refractivity contribution is -0.167. The van der Waals surface area contributed by atoms with Crippen molar-refractivity contribution >= 4 is 17.9 Å². The van der Waals surface area contributed by atoms with Crippen LogP contribution in [-0.2, 0) is 28.6 Å². The molecule has 0 amide bonds. The summed E-state index contributed by atoms with van der Waals surface area (Å²) in [5.41, 5.74) is 0. The summed E-state index contributed by atoms with van der Waals surface area (Å²) in [4.78, 5) is 38.4. The molecule has 1 unspecified atom stereocenters. The predicted molar refractivity (Wildman–Crippen MR) is 358 cm³/mol. The molecule has 0 radical (unpaired) electrons. The van der Waals surface area contributed by atoms with Crippen LogP contribution in [0.3, 0.4) is 0 Å². The molecule has 0 rings (SSSR count). The molecule has 482 valence electrons. The van der Waals surface area contributed by atoms with Gasteiger partial charge in [-0.15, -0.1) is 0 Å². The van der Waals surface area contributed by atoms with E-state index >= 15 is 0 Å². The highest BCUT2D eigenvalue weighted by molar-refractivity contribution is 5.71. The predicted octanol–water partition coefficient (Wildman–Crippen LogP) is 25.5. The number of carbonyl (C=O) groups excluding carboxylic acids is 3. The highest BCUT2D eigenvalue weighted by Crippen LogP contribution is 2.19. The van der Waals surface area contributed by atoms with Gasteiger partial charge in [-0.1, -0.05) is 353 Å². The van der Waals surface area contributed by atoms with Crippen molar-refractivity contribution < 1.29 is 28.6 Å². The highest BCUT2D eigenvalue weighted by atomic mass is 16.6. The maximum Gasteiger partial charge on any atom is 0.306 e. The van der Waals surface area contributed by atoms with E-state index < -0.39 is 6.10 Å². The molecule has 0 bridgehead atoms. The number of esters is 3. The lowest BCUT2D eigenvalue weighted by atomic mass is 10.0. The number of ether oxygens (including phenoxy) is 3. The van der Waals surface area contributed by atoms with Crippen LogP contribution in [0, 0.1) is 0 Å². The van der Waals surface area contributed by atoms with Crippen LogP contribution in [0.15, 0.2) is 36.5 Å². The van der Waals surface area contributed by atoms with E-state index in [4.69, 9.17) is 14.2 Å². The van der Waals surface area contributed by atoms with Crippen LogP contribution in [0.5, 0.6) is 0 Å². The Morgan fingerprint density at radius 3 is 0.707 bits per heavy atom. The van der Waals surface area contributed by atoms with Gasteiger partial charge in [-0.05, 0) is 77.0 Å². The van der Waals surface area contributed by atoms with E-state index in [9.17, 15) is 14.4 Å². The Balaban J connectivity index is 4.17. The molecular formula is C76H142O6. The zero-order valence-electron chi connectivity index (χ0n) is 55.5. The number of carbonyl (C=O) groups is 3. The summed E-state index contributed by atoms with van der Waals surface area (Å²) in [5, 5.41) is 0. The van der Waals surface area contributed by atoms with E-state index in [-0.39, 0.29) is 31.1 Å². The minimum atomic E-state index is -0.775. The average Bonchev–Trinajstić information content (AvgIpc) is 3.48. The van der Waals surface area contributed by atoms with Crippen molar-refractivity contribution in [2.75, 3.05) is 13.2 Å². The molecule has 1 atom stereocenters. The van der Waals surface area contributed by atoms with Crippen molar-refractivity contribution in [1.29, 1.82) is 0 Å². The molecule has 0 heterocycles. The third kappa shape index (κ3) is 68.4. The third-order valence-corrected chi connectivity index (χ3v) is 16.9. The summed E-state index contributed by atoms with van der Waals surface area (Å²) >= 11 is 0. The summed E-state index contributed by atoms with van der Waals surface area (Å²) in [6.45, 7) is 6.68. The summed E-state index contributed by atoms with van der Waals surface area (Å²) in [5.74, 6) is -0.851. The van der Waals surface area contributed by atoms with Gasteiger partial charge in [0, 0.05) is 19.3 Å². The molecule has 82 heavy (non-hydrogen) atoms. The van der Waals surface area contributed by atoms with Gasteiger partial charge in [0.1, 0.15) is 13.2 Å². The quantitative estimate of drug-likeness (QED) is 0.0261. The molecule has 6 nitrogen and oxygen atoms in total. The molecule has 0 aliphatic rings. The Bertz CT molecular complexity index is 1370. The summed E-state index contributed by atoms with van der Waals surface area (Å²) in [7, 11) is 0. The highest BCUT2D eigenvalue weighted by Gasteiger charge is 2.19. The number of rotatable bonds is 69. The summed E-state index contributed by atoms with van der Waals surface area (Å²) in [6, 6.07) is 0. The molecule has 0 aliphatic carbocycles. The number of allylic oxidation sites excluding steroid dienone is 6. The van der Waals surface area contributed by atoms with Crippen molar-refractivity contribution in [2.24, 2.45) is 0 Å². The molecule has 0 saturated heterocycles. The van der Waals surface area contributed by atoms with Gasteiger partial charge in [-0.25, -0.2) is 0 Å². The van der Waals surface area contributed by atoms with Gasteiger partial charge in [0.15, 0.2) is 6.10 Å². The lowest BCUT2D eigenvalue weighted by Gasteiger charge is -2.18. The molecule has 0 aromatic carbocycles. The van der Waals surface area contributed by atoms with Crippen molar-refractivity contribution in [3.05, 3.63) is 36.5 Å². The second-order valence-electron chi connectivity index (χ2n) is 25.2. The van der Waals surface area contributed by atoms with Gasteiger partial charge in [0.2, 0.25) is 0 Å². The minimum absolute atomic E-state index is 0.0698. The van der Waals surface area contributed by atoms with E-state index in [0.717, 1.165) is 70.6 Å². The molecule has 0 fully saturated rings. The molecule has 0 aliphatic heterocycles. The zero-order chi connectivity index (χ0) is 59.2. The van der Waals surface area contributed by atoms with Gasteiger partial charge in [-0.3, -0.25) is 14.4 Å². The molecular weight excluding hydrogens is 1010 g/mol. The van der Waals surface area contributed by atoms with Crippen molar-refractivity contribution in [3.63, 3.8) is 0 Å². The molecule has 0 aromatic rings. The second-order valence-corrected chi connectivity index (χ2v) is 25.2. The molecule has 0 N–H and O–H groups in total. The topological polar surface area (TPSA) is 78.9 Å². The van der Waals surface area contributed by atoms with Gasteiger partial charge in [-0.2, -0.15) is 0 Å². The Morgan fingerprint density at radius 1 is 0.244 bits per heavy atom. The largest absolute Gasteiger partial charge is 0.462 e. The van der Waals surface area contributed by atoms with E-state index in [1.54, 1.807) is 0 Å². The van der Waals surface area contributed by atoms with Crippen LogP contribution < -0.4 is 0 Å². The van der Waals surface area contributed by atoms with Gasteiger partial charge < -0.3 is 14.2 Å². The molecule has 0 saturated carbocycles. The smallest absolute Gasteiger partial charge is 0.306 e. The van der Waals surface area contributed by atoms with Crippen LogP contribution in [-0.4, -0.2) is 37.2 Å². The van der Waals surface area contributed by atoms with E-state index in [1.165, 1.54) is 302 Å². The maximum absolute atomic E-state index is 13.0. The Morgan fingerprint density at radius 2 is 0.439 bits per heavy atom. The van der Waals surface area contributed by atoms with Crippen molar-refractivity contribution in [2.45, 2.75) is 419 Å². The zero-order valence-corrected chi connectivity index (χ0v) is 55.5. The van der Waals surface area contributed by atoms with E-state index in [0.29, 0.717) is 19.3 Å². The normalized spacial score (nSPS) is 12.2. The van der Waals surface area contributed by atoms with Crippen molar-refractivity contribution in [3.8, 4) is 0 Å². The molecule has 0 spiro atoms. The number of hydrogen-bond acceptors (Lipinski definition) is 6. The SMILES string of the molecule is CCCCC/C=C\CCCCCCCC(=O)OCC(COC(=O)CCCCCCCCCCCCCCCCCCCCCCCCCCCCC)OC(=O)CCCCCCCCCCCCCCC/C=C\C/C=C\CCCCCCC. The summed E-state index contributed by atoms with van der Waals surface area (Å²) < 4.78 is 17.0. The Labute approximate surface area is 512 Å². The molecule has 0 aromatic heterocycles. The molecule has 6 heteroatoms. The fourth-order valence-electron chi connectivity index (χ4n) is 11.3. The van der Waals surface area contributed by atoms with Crippen LogP contribution in [0.4, 0.5) is 0 Å². The fraction of sp³-hybridized carbons (Fsp3) is 0.882. The van der Waals surface area contributed by atoms with Crippen LogP contribution in [0.25, 0.3) is 0 Å². The second kappa shape index (κ2) is 71.1. The van der Waals surface area contributed by atoms with Crippen molar-refractivity contribution in [1.82, 2.24) is 0 Å². The average molecular weight is 1150 g/mol. The maximum atomic E-state index is 13.0. The lowest BCUT2D eigenvalue weighted by Crippen LogP contribution is -2.30. The number of unbranched alkanes of at least 4 members (excludes halogenated alkanes) is 52. The van der Waals surface area contributed by atoms with Crippen LogP contribution in [0.1, 0.15) is 412 Å². The Kier molecular flexibility index (Phi) is 69.1. The first-order chi connectivity index (χ1) is 40.5. The minimum Gasteiger partial charge on any atom is -0.462 e. The third-order valence-electron chi connectivity index (χ3n) is 16.9. The number of hydrogen-bond donors (Lipinski definition) is 0. The summed E-state index contributed by atoms with van der Waals surface area (Å²) in [6.07, 6.45) is 89.1. The van der Waals surface area contributed by atoms with E-state index in [2.05, 4.69) is 57.2 Å². The fourth-order valence-corrected chi connectivity index (χ4v) is 11.3. The van der Waals surface area contributed by atoms with Gasteiger partial charge in [0.05, 0.1) is 0 Å². The van der Waals surface area contributed by atoms with Gasteiger partial charge in [0.25, 0.3) is 0 Å².